The maximum Gasteiger partial charge on any atom is 0.305 e. The van der Waals surface area contributed by atoms with Crippen molar-refractivity contribution in [3.8, 4) is 0 Å². The Balaban J connectivity index is 2.26. The van der Waals surface area contributed by atoms with Gasteiger partial charge in [0.15, 0.2) is 0 Å². The summed E-state index contributed by atoms with van der Waals surface area (Å²) in [5, 5.41) is 14.9. The number of allylic oxidation sites excluding steroid dienone is 1. The predicted octanol–water partition coefficient (Wildman–Crippen LogP) is 2.20. The minimum Gasteiger partial charge on any atom is -0.481 e. The number of hydrogen-bond acceptors (Lipinski definition) is 4. The second kappa shape index (κ2) is 10.4. The van der Waals surface area contributed by atoms with Crippen molar-refractivity contribution in [2.75, 3.05) is 0 Å². The summed E-state index contributed by atoms with van der Waals surface area (Å²) < 4.78 is 0. The van der Waals surface area contributed by atoms with E-state index in [9.17, 15) is 19.2 Å². The van der Waals surface area contributed by atoms with Gasteiger partial charge in [-0.25, -0.2) is 0 Å². The SMILES string of the molecule is C=CCCc1c(C(=O)N[C@H](C(=O)N[C@H](C=O)CC(=O)O)C(C)C)[nH]c2ccccc12. The van der Waals surface area contributed by atoms with E-state index in [2.05, 4.69) is 22.2 Å². The Bertz CT molecular complexity index is 947. The first-order valence-corrected chi connectivity index (χ1v) is 9.77. The lowest BCUT2D eigenvalue weighted by Gasteiger charge is -2.23. The summed E-state index contributed by atoms with van der Waals surface area (Å²) in [5.41, 5.74) is 2.02. The third kappa shape index (κ3) is 5.56. The molecule has 4 N–H and O–H groups in total. The molecule has 1 aromatic carbocycles. The summed E-state index contributed by atoms with van der Waals surface area (Å²) in [7, 11) is 0. The molecule has 0 saturated heterocycles. The molecule has 0 fully saturated rings. The van der Waals surface area contributed by atoms with Gasteiger partial charge in [0.2, 0.25) is 5.91 Å². The summed E-state index contributed by atoms with van der Waals surface area (Å²) >= 11 is 0. The molecule has 8 nitrogen and oxygen atoms in total. The van der Waals surface area contributed by atoms with Crippen molar-refractivity contribution in [2.24, 2.45) is 5.92 Å². The van der Waals surface area contributed by atoms with E-state index < -0.39 is 36.3 Å². The van der Waals surface area contributed by atoms with Gasteiger partial charge in [0.25, 0.3) is 5.91 Å². The zero-order valence-electron chi connectivity index (χ0n) is 17.1. The number of aliphatic carboxylic acids is 1. The molecule has 0 aliphatic rings. The van der Waals surface area contributed by atoms with Crippen LogP contribution in [0.15, 0.2) is 36.9 Å². The molecule has 160 valence electrons. The van der Waals surface area contributed by atoms with Crippen LogP contribution in [0.5, 0.6) is 0 Å². The van der Waals surface area contributed by atoms with Gasteiger partial charge in [-0.2, -0.15) is 0 Å². The van der Waals surface area contributed by atoms with E-state index in [1.54, 1.807) is 19.9 Å². The monoisotopic (exact) mass is 413 g/mol. The van der Waals surface area contributed by atoms with E-state index in [1.807, 2.05) is 24.3 Å². The highest BCUT2D eigenvalue weighted by molar-refractivity contribution is 6.03. The van der Waals surface area contributed by atoms with E-state index in [0.717, 1.165) is 16.5 Å². The minimum absolute atomic E-state index is 0.285. The molecule has 8 heteroatoms. The number of aromatic nitrogens is 1. The minimum atomic E-state index is -1.21. The van der Waals surface area contributed by atoms with Crippen molar-refractivity contribution in [3.05, 3.63) is 48.2 Å². The number of H-pyrrole nitrogens is 1. The standard InChI is InChI=1S/C22H27N3O5/c1-4-5-8-16-15-9-6-7-10-17(15)24-20(16)22(30)25-19(13(2)3)21(29)23-14(12-26)11-18(27)28/h4,6-7,9-10,12-14,19,24H,1,5,8,11H2,2-3H3,(H,23,29)(H,25,30)(H,27,28)/t14-,19-/m0/s1. The lowest BCUT2D eigenvalue weighted by molar-refractivity contribution is -0.139. The Morgan fingerprint density at radius 3 is 2.50 bits per heavy atom. The van der Waals surface area contributed by atoms with Gasteiger partial charge in [-0.05, 0) is 30.4 Å². The molecule has 2 rings (SSSR count). The Morgan fingerprint density at radius 1 is 1.20 bits per heavy atom. The van der Waals surface area contributed by atoms with Crippen LogP contribution in [0.2, 0.25) is 0 Å². The van der Waals surface area contributed by atoms with Crippen LogP contribution in [0.3, 0.4) is 0 Å². The van der Waals surface area contributed by atoms with Crippen molar-refractivity contribution < 1.29 is 24.3 Å². The van der Waals surface area contributed by atoms with Gasteiger partial charge in [-0.3, -0.25) is 14.4 Å². The molecule has 0 aliphatic carbocycles. The molecule has 0 spiro atoms. The molecule has 30 heavy (non-hydrogen) atoms. The molecule has 0 radical (unpaired) electrons. The molecule has 0 unspecified atom stereocenters. The van der Waals surface area contributed by atoms with Gasteiger partial charge in [-0.1, -0.05) is 38.1 Å². The number of carbonyl (C=O) groups is 4. The smallest absolute Gasteiger partial charge is 0.305 e. The summed E-state index contributed by atoms with van der Waals surface area (Å²) in [5.74, 6) is -2.55. The number of carboxylic acids is 1. The first-order valence-electron chi connectivity index (χ1n) is 9.77. The summed E-state index contributed by atoms with van der Waals surface area (Å²) in [6.45, 7) is 7.23. The van der Waals surface area contributed by atoms with Crippen LogP contribution in [-0.2, 0) is 20.8 Å². The number of aryl methyl sites for hydroxylation is 1. The average Bonchev–Trinajstić information content (AvgIpc) is 3.07. The molecule has 2 atom stereocenters. The number of fused-ring (bicyclic) bond motifs is 1. The van der Waals surface area contributed by atoms with Crippen molar-refractivity contribution in [1.29, 1.82) is 0 Å². The average molecular weight is 413 g/mol. The largest absolute Gasteiger partial charge is 0.481 e. The number of amides is 2. The van der Waals surface area contributed by atoms with Gasteiger partial charge in [0.1, 0.15) is 18.0 Å². The first kappa shape index (κ1) is 22.9. The number of carbonyl (C=O) groups excluding carboxylic acids is 3. The van der Waals surface area contributed by atoms with E-state index in [4.69, 9.17) is 5.11 Å². The predicted molar refractivity (Wildman–Crippen MR) is 113 cm³/mol. The van der Waals surface area contributed by atoms with Gasteiger partial charge in [0.05, 0.1) is 12.5 Å². The highest BCUT2D eigenvalue weighted by Gasteiger charge is 2.28. The second-order valence-corrected chi connectivity index (χ2v) is 7.40. The van der Waals surface area contributed by atoms with E-state index in [1.165, 1.54) is 0 Å². The number of aromatic amines is 1. The van der Waals surface area contributed by atoms with Gasteiger partial charge in [0, 0.05) is 10.9 Å². The topological polar surface area (TPSA) is 128 Å². The van der Waals surface area contributed by atoms with Crippen molar-refractivity contribution in [2.45, 2.75) is 45.2 Å². The molecule has 2 amide bonds. The molecular weight excluding hydrogens is 386 g/mol. The molecular formula is C22H27N3O5. The van der Waals surface area contributed by atoms with Crippen LogP contribution in [0, 0.1) is 5.92 Å². The molecule has 0 aliphatic heterocycles. The van der Waals surface area contributed by atoms with E-state index >= 15 is 0 Å². The maximum atomic E-state index is 13.0. The van der Waals surface area contributed by atoms with Gasteiger partial charge >= 0.3 is 5.97 Å². The molecule has 2 aromatic rings. The fourth-order valence-corrected chi connectivity index (χ4v) is 3.24. The summed E-state index contributed by atoms with van der Waals surface area (Å²) in [6, 6.07) is 5.45. The first-order chi connectivity index (χ1) is 14.3. The Labute approximate surface area is 174 Å². The Kier molecular flexibility index (Phi) is 7.91. The lowest BCUT2D eigenvalue weighted by Crippen LogP contribution is -2.52. The zero-order chi connectivity index (χ0) is 22.3. The fourth-order valence-electron chi connectivity index (χ4n) is 3.24. The van der Waals surface area contributed by atoms with Crippen LogP contribution < -0.4 is 10.6 Å². The number of benzene rings is 1. The van der Waals surface area contributed by atoms with Gasteiger partial charge < -0.3 is 25.5 Å². The quantitative estimate of drug-likeness (QED) is 0.332. The fraction of sp³-hybridized carbons (Fsp3) is 0.364. The highest BCUT2D eigenvalue weighted by atomic mass is 16.4. The van der Waals surface area contributed by atoms with Crippen LogP contribution in [0.1, 0.15) is 42.7 Å². The van der Waals surface area contributed by atoms with E-state index in [-0.39, 0.29) is 5.92 Å². The third-order valence-electron chi connectivity index (χ3n) is 4.76. The Morgan fingerprint density at radius 2 is 1.90 bits per heavy atom. The van der Waals surface area contributed by atoms with Crippen molar-refractivity contribution >= 4 is 35.0 Å². The number of rotatable bonds is 11. The number of para-hydroxylation sites is 1. The number of nitrogens with one attached hydrogen (secondary N) is 3. The van der Waals surface area contributed by atoms with Crippen molar-refractivity contribution in [3.63, 3.8) is 0 Å². The second-order valence-electron chi connectivity index (χ2n) is 7.40. The van der Waals surface area contributed by atoms with Crippen LogP contribution in [0.4, 0.5) is 0 Å². The number of carboxylic acid groups (broad SMARTS) is 1. The summed E-state index contributed by atoms with van der Waals surface area (Å²) in [6.07, 6.45) is 2.92. The van der Waals surface area contributed by atoms with Crippen molar-refractivity contribution in [1.82, 2.24) is 15.6 Å². The Hall–Kier alpha value is -3.42. The lowest BCUT2D eigenvalue weighted by atomic mass is 10.0. The zero-order valence-corrected chi connectivity index (χ0v) is 17.1. The normalized spacial score (nSPS) is 12.9. The molecule has 0 bridgehead atoms. The summed E-state index contributed by atoms with van der Waals surface area (Å²) in [4.78, 5) is 50.7. The maximum absolute atomic E-state index is 13.0. The molecule has 0 saturated carbocycles. The molecule has 1 aromatic heterocycles. The number of hydrogen-bond donors (Lipinski definition) is 4. The van der Waals surface area contributed by atoms with Crippen LogP contribution in [0.25, 0.3) is 10.9 Å². The number of aldehydes is 1. The highest BCUT2D eigenvalue weighted by Crippen LogP contribution is 2.24. The van der Waals surface area contributed by atoms with Crippen LogP contribution >= 0.6 is 0 Å². The van der Waals surface area contributed by atoms with Gasteiger partial charge in [-0.15, -0.1) is 6.58 Å². The third-order valence-corrected chi connectivity index (χ3v) is 4.76. The van der Waals surface area contributed by atoms with Crippen LogP contribution in [-0.4, -0.2) is 46.2 Å². The van der Waals surface area contributed by atoms with E-state index in [0.29, 0.717) is 24.8 Å². The molecule has 1 heterocycles.